The molecular weight excluding hydrogens is 236 g/mol. The van der Waals surface area contributed by atoms with E-state index in [0.717, 1.165) is 56.5 Å². The van der Waals surface area contributed by atoms with E-state index in [4.69, 9.17) is 16.3 Å². The second-order valence-corrected chi connectivity index (χ2v) is 4.62. The molecule has 2 rings (SSSR count). The van der Waals surface area contributed by atoms with Crippen LogP contribution in [0.2, 0.25) is 5.02 Å². The predicted octanol–water partition coefficient (Wildman–Crippen LogP) is 2.47. The Labute approximate surface area is 108 Å². The van der Waals surface area contributed by atoms with E-state index < -0.39 is 0 Å². The third kappa shape index (κ3) is 4.19. The molecule has 0 radical (unpaired) electrons. The molecule has 0 aliphatic carbocycles. The van der Waals surface area contributed by atoms with E-state index in [1.54, 1.807) is 0 Å². The summed E-state index contributed by atoms with van der Waals surface area (Å²) in [6.07, 6.45) is 1.13. The minimum absolute atomic E-state index is 0.791. The molecule has 4 heteroatoms. The molecular formula is C13H19ClN2O. The first-order chi connectivity index (χ1) is 8.36. The average molecular weight is 255 g/mol. The molecule has 0 atom stereocenters. The van der Waals surface area contributed by atoms with Gasteiger partial charge in [-0.05, 0) is 25.1 Å². The molecule has 1 aromatic carbocycles. The second kappa shape index (κ2) is 6.84. The van der Waals surface area contributed by atoms with Gasteiger partial charge in [0.15, 0.2) is 0 Å². The first-order valence-corrected chi connectivity index (χ1v) is 6.52. The summed E-state index contributed by atoms with van der Waals surface area (Å²) in [6, 6.07) is 7.86. The normalized spacial score (nSPS) is 17.0. The molecule has 0 aromatic heterocycles. The van der Waals surface area contributed by atoms with Gasteiger partial charge in [0.05, 0.1) is 23.9 Å². The molecule has 1 aliphatic rings. The zero-order chi connectivity index (χ0) is 11.9. The minimum Gasteiger partial charge on any atom is -0.384 e. The van der Waals surface area contributed by atoms with Gasteiger partial charge >= 0.3 is 0 Å². The van der Waals surface area contributed by atoms with Crippen molar-refractivity contribution in [2.45, 2.75) is 6.42 Å². The van der Waals surface area contributed by atoms with E-state index in [1.807, 2.05) is 24.3 Å². The van der Waals surface area contributed by atoms with Gasteiger partial charge in [0.1, 0.15) is 0 Å². The van der Waals surface area contributed by atoms with E-state index in [1.165, 1.54) is 0 Å². The highest BCUT2D eigenvalue weighted by Crippen LogP contribution is 2.20. The summed E-state index contributed by atoms with van der Waals surface area (Å²) in [6.45, 7) is 5.95. The Morgan fingerprint density at radius 3 is 2.76 bits per heavy atom. The summed E-state index contributed by atoms with van der Waals surface area (Å²) in [5.41, 5.74) is 1.02. The van der Waals surface area contributed by atoms with Gasteiger partial charge in [-0.15, -0.1) is 0 Å². The van der Waals surface area contributed by atoms with Gasteiger partial charge in [0.2, 0.25) is 0 Å². The Balaban J connectivity index is 1.64. The SMILES string of the molecule is Clc1ccccc1NCCCN1CCOCC1. The third-order valence-electron chi connectivity index (χ3n) is 2.94. The van der Waals surface area contributed by atoms with Crippen LogP contribution in [-0.4, -0.2) is 44.3 Å². The number of nitrogens with one attached hydrogen (secondary N) is 1. The van der Waals surface area contributed by atoms with Crippen LogP contribution in [0, 0.1) is 0 Å². The minimum atomic E-state index is 0.791. The smallest absolute Gasteiger partial charge is 0.0637 e. The topological polar surface area (TPSA) is 24.5 Å². The van der Waals surface area contributed by atoms with Crippen molar-refractivity contribution in [1.82, 2.24) is 4.90 Å². The van der Waals surface area contributed by atoms with Crippen molar-refractivity contribution in [3.63, 3.8) is 0 Å². The lowest BCUT2D eigenvalue weighted by Crippen LogP contribution is -2.37. The Bertz CT molecular complexity index is 340. The maximum absolute atomic E-state index is 6.06. The van der Waals surface area contributed by atoms with E-state index in [2.05, 4.69) is 10.2 Å². The molecule has 1 heterocycles. The van der Waals surface area contributed by atoms with Gasteiger partial charge in [-0.25, -0.2) is 0 Å². The van der Waals surface area contributed by atoms with Crippen LogP contribution in [0.3, 0.4) is 0 Å². The highest BCUT2D eigenvalue weighted by Gasteiger charge is 2.09. The molecule has 1 fully saturated rings. The number of rotatable bonds is 5. The summed E-state index contributed by atoms with van der Waals surface area (Å²) in [7, 11) is 0. The van der Waals surface area contributed by atoms with Gasteiger partial charge in [0, 0.05) is 19.6 Å². The molecule has 0 bridgehead atoms. The highest BCUT2D eigenvalue weighted by atomic mass is 35.5. The van der Waals surface area contributed by atoms with Gasteiger partial charge in [-0.2, -0.15) is 0 Å². The van der Waals surface area contributed by atoms with Crippen molar-refractivity contribution >= 4 is 17.3 Å². The van der Waals surface area contributed by atoms with Crippen molar-refractivity contribution in [3.8, 4) is 0 Å². The number of morpholine rings is 1. The molecule has 94 valence electrons. The van der Waals surface area contributed by atoms with E-state index in [-0.39, 0.29) is 0 Å². The van der Waals surface area contributed by atoms with Crippen LogP contribution in [0.1, 0.15) is 6.42 Å². The van der Waals surface area contributed by atoms with Crippen molar-refractivity contribution < 1.29 is 4.74 Å². The number of hydrogen-bond donors (Lipinski definition) is 1. The van der Waals surface area contributed by atoms with Crippen LogP contribution in [0.5, 0.6) is 0 Å². The summed E-state index contributed by atoms with van der Waals surface area (Å²) in [5.74, 6) is 0. The molecule has 1 aromatic rings. The summed E-state index contributed by atoms with van der Waals surface area (Å²) >= 11 is 6.06. The Hall–Kier alpha value is -0.770. The number of ether oxygens (including phenoxy) is 1. The largest absolute Gasteiger partial charge is 0.384 e. The Morgan fingerprint density at radius 1 is 1.24 bits per heavy atom. The zero-order valence-electron chi connectivity index (χ0n) is 9.99. The lowest BCUT2D eigenvalue weighted by atomic mass is 10.3. The number of hydrogen-bond acceptors (Lipinski definition) is 3. The van der Waals surface area contributed by atoms with Crippen LogP contribution in [0.4, 0.5) is 5.69 Å². The quantitative estimate of drug-likeness (QED) is 0.817. The van der Waals surface area contributed by atoms with Crippen LogP contribution in [0.25, 0.3) is 0 Å². The monoisotopic (exact) mass is 254 g/mol. The zero-order valence-corrected chi connectivity index (χ0v) is 10.7. The van der Waals surface area contributed by atoms with Crippen molar-refractivity contribution in [2.24, 2.45) is 0 Å². The maximum Gasteiger partial charge on any atom is 0.0637 e. The van der Waals surface area contributed by atoms with Crippen molar-refractivity contribution in [1.29, 1.82) is 0 Å². The third-order valence-corrected chi connectivity index (χ3v) is 3.27. The van der Waals surface area contributed by atoms with Gasteiger partial charge < -0.3 is 10.1 Å². The van der Waals surface area contributed by atoms with Crippen molar-refractivity contribution in [2.75, 3.05) is 44.7 Å². The van der Waals surface area contributed by atoms with Crippen LogP contribution >= 0.6 is 11.6 Å². The second-order valence-electron chi connectivity index (χ2n) is 4.21. The lowest BCUT2D eigenvalue weighted by Gasteiger charge is -2.26. The molecule has 1 N–H and O–H groups in total. The van der Waals surface area contributed by atoms with Gasteiger partial charge in [0.25, 0.3) is 0 Å². The lowest BCUT2D eigenvalue weighted by molar-refractivity contribution is 0.0378. The van der Waals surface area contributed by atoms with E-state index in [0.29, 0.717) is 0 Å². The predicted molar refractivity (Wildman–Crippen MR) is 71.8 cm³/mol. The number of benzene rings is 1. The highest BCUT2D eigenvalue weighted by molar-refractivity contribution is 6.33. The molecule has 0 saturated carbocycles. The average Bonchev–Trinajstić information content (AvgIpc) is 2.38. The number of anilines is 1. The van der Waals surface area contributed by atoms with E-state index in [9.17, 15) is 0 Å². The molecule has 0 spiro atoms. The summed E-state index contributed by atoms with van der Waals surface area (Å²) in [4.78, 5) is 2.44. The van der Waals surface area contributed by atoms with E-state index >= 15 is 0 Å². The van der Waals surface area contributed by atoms with Crippen LogP contribution in [-0.2, 0) is 4.74 Å². The summed E-state index contributed by atoms with van der Waals surface area (Å²) < 4.78 is 5.32. The first kappa shape index (κ1) is 12.7. The molecule has 1 aliphatic heterocycles. The summed E-state index contributed by atoms with van der Waals surface area (Å²) in [5, 5.41) is 4.15. The van der Waals surface area contributed by atoms with Crippen molar-refractivity contribution in [3.05, 3.63) is 29.3 Å². The Morgan fingerprint density at radius 2 is 2.00 bits per heavy atom. The first-order valence-electron chi connectivity index (χ1n) is 6.15. The fraction of sp³-hybridized carbons (Fsp3) is 0.538. The molecule has 17 heavy (non-hydrogen) atoms. The number of para-hydroxylation sites is 1. The molecule has 1 saturated heterocycles. The number of nitrogens with zero attached hydrogens (tertiary/aromatic N) is 1. The fourth-order valence-electron chi connectivity index (χ4n) is 1.96. The number of halogens is 1. The van der Waals surface area contributed by atoms with Crippen LogP contribution in [0.15, 0.2) is 24.3 Å². The fourth-order valence-corrected chi connectivity index (χ4v) is 2.16. The molecule has 0 unspecified atom stereocenters. The van der Waals surface area contributed by atoms with Gasteiger partial charge in [-0.1, -0.05) is 23.7 Å². The van der Waals surface area contributed by atoms with Gasteiger partial charge in [-0.3, -0.25) is 4.90 Å². The Kier molecular flexibility index (Phi) is 5.10. The molecule has 3 nitrogen and oxygen atoms in total. The molecule has 0 amide bonds. The standard InChI is InChI=1S/C13H19ClN2O/c14-12-4-1-2-5-13(12)15-6-3-7-16-8-10-17-11-9-16/h1-2,4-5,15H,3,6-11H2. The maximum atomic E-state index is 6.06. The van der Waals surface area contributed by atoms with Crippen LogP contribution < -0.4 is 5.32 Å².